The second-order valence-corrected chi connectivity index (χ2v) is 11.6. The second kappa shape index (κ2) is 12.7. The number of likely N-dealkylation sites (tertiary alicyclic amines) is 1. The first-order valence-electron chi connectivity index (χ1n) is 13.6. The van der Waals surface area contributed by atoms with Crippen molar-refractivity contribution in [2.24, 2.45) is 0 Å². The molecule has 43 heavy (non-hydrogen) atoms. The summed E-state index contributed by atoms with van der Waals surface area (Å²) in [5.74, 6) is -0.0758. The number of rotatable bonds is 10. The highest BCUT2D eigenvalue weighted by atomic mass is 79.9. The summed E-state index contributed by atoms with van der Waals surface area (Å²) < 4.78 is 18.2. The number of aliphatic hydroxyl groups excluding tert-OH is 1. The zero-order valence-electron chi connectivity index (χ0n) is 22.8. The Morgan fingerprint density at radius 3 is 2.56 bits per heavy atom. The molecule has 0 radical (unpaired) electrons. The average Bonchev–Trinajstić information content (AvgIpc) is 3.63. The Balaban J connectivity index is 1.27. The van der Waals surface area contributed by atoms with Crippen LogP contribution in [-0.2, 0) is 24.6 Å². The van der Waals surface area contributed by atoms with Crippen molar-refractivity contribution < 1.29 is 29.1 Å². The minimum atomic E-state index is -0.983. The van der Waals surface area contributed by atoms with E-state index in [1.807, 2.05) is 48.5 Å². The molecule has 0 saturated carbocycles. The molecule has 1 aliphatic heterocycles. The van der Waals surface area contributed by atoms with Crippen LogP contribution in [-0.4, -0.2) is 50.1 Å². The number of β-amino-alcohol motifs (C(OH)–C–C–N with tert-alkyl or cyclic N) is 1. The largest absolute Gasteiger partial charge is 0.488 e. The molecule has 0 bridgehead atoms. The zero-order valence-corrected chi connectivity index (χ0v) is 25.2. The maximum absolute atomic E-state index is 11.9. The van der Waals surface area contributed by atoms with Crippen molar-refractivity contribution in [2.75, 3.05) is 6.54 Å². The number of carbonyl (C=O) groups is 1. The van der Waals surface area contributed by atoms with Crippen molar-refractivity contribution in [3.63, 3.8) is 0 Å². The Kier molecular flexibility index (Phi) is 8.62. The summed E-state index contributed by atoms with van der Waals surface area (Å²) in [6.07, 6.45) is -0.570. The van der Waals surface area contributed by atoms with Gasteiger partial charge in [-0.2, -0.15) is 0 Å². The van der Waals surface area contributed by atoms with Crippen LogP contribution in [0, 0.1) is 0 Å². The van der Waals surface area contributed by atoms with Crippen molar-refractivity contribution in [1.29, 1.82) is 0 Å². The molecule has 11 heteroatoms. The van der Waals surface area contributed by atoms with Gasteiger partial charge < -0.3 is 19.7 Å². The van der Waals surface area contributed by atoms with Crippen molar-refractivity contribution in [2.45, 2.75) is 38.3 Å². The zero-order chi connectivity index (χ0) is 29.9. The fraction of sp³-hybridized carbons (Fsp3) is 0.219. The van der Waals surface area contributed by atoms with Crippen LogP contribution >= 0.6 is 27.5 Å². The van der Waals surface area contributed by atoms with Gasteiger partial charge in [0, 0.05) is 41.2 Å². The van der Waals surface area contributed by atoms with E-state index in [2.05, 4.69) is 38.4 Å². The molecular formula is C32H27BrClN3O6. The van der Waals surface area contributed by atoms with Crippen molar-refractivity contribution >= 4 is 44.5 Å². The Morgan fingerprint density at radius 2 is 1.74 bits per heavy atom. The molecule has 2 atom stereocenters. The van der Waals surface area contributed by atoms with E-state index in [1.54, 1.807) is 23.1 Å². The van der Waals surface area contributed by atoms with Crippen molar-refractivity contribution in [3.8, 4) is 22.6 Å². The monoisotopic (exact) mass is 663 g/mol. The molecule has 6 rings (SSSR count). The topological polar surface area (TPSA) is 118 Å². The Hall–Kier alpha value is -3.96. The van der Waals surface area contributed by atoms with E-state index in [4.69, 9.17) is 25.7 Å². The van der Waals surface area contributed by atoms with Crippen LogP contribution in [0.2, 0.25) is 5.02 Å². The van der Waals surface area contributed by atoms with Gasteiger partial charge in [-0.25, -0.2) is 4.63 Å². The third-order valence-corrected chi connectivity index (χ3v) is 8.65. The number of benzene rings is 4. The standard InChI is InChI=1S/C32H27BrClN3O6/c33-31-21(7-4-8-24(31)20-5-2-1-3-6-20)18-42-30-14-29(41-17-19-9-10-26-27(11-19)36-43-35-26)22(12-25(30)34)15-37-16-23(38)13-28(37)32(39)40/h1-12,14,23,28,38H,13,15-18H2,(H,39,40)/t23-,28-/m1/s1. The Morgan fingerprint density at radius 1 is 0.953 bits per heavy atom. The van der Waals surface area contributed by atoms with E-state index in [-0.39, 0.29) is 32.7 Å². The predicted molar refractivity (Wildman–Crippen MR) is 164 cm³/mol. The van der Waals surface area contributed by atoms with Crippen LogP contribution in [0.15, 0.2) is 88.0 Å². The fourth-order valence-electron chi connectivity index (χ4n) is 5.24. The highest BCUT2D eigenvalue weighted by Gasteiger charge is 2.36. The average molecular weight is 665 g/mol. The van der Waals surface area contributed by atoms with E-state index >= 15 is 0 Å². The molecule has 5 aromatic rings. The number of ether oxygens (including phenoxy) is 2. The number of carboxylic acid groups (broad SMARTS) is 1. The van der Waals surface area contributed by atoms with E-state index in [0.717, 1.165) is 26.7 Å². The molecule has 0 spiro atoms. The molecule has 220 valence electrons. The number of aromatic nitrogens is 2. The fourth-order valence-corrected chi connectivity index (χ4v) is 6.09. The lowest BCUT2D eigenvalue weighted by molar-refractivity contribution is -0.142. The molecule has 2 N–H and O–H groups in total. The molecule has 0 aliphatic carbocycles. The quantitative estimate of drug-likeness (QED) is 0.173. The lowest BCUT2D eigenvalue weighted by Gasteiger charge is -2.23. The van der Waals surface area contributed by atoms with Crippen LogP contribution in [0.25, 0.3) is 22.2 Å². The third-order valence-electron chi connectivity index (χ3n) is 7.41. The van der Waals surface area contributed by atoms with E-state index in [9.17, 15) is 15.0 Å². The summed E-state index contributed by atoms with van der Waals surface area (Å²) in [5.41, 5.74) is 5.84. The molecule has 1 fully saturated rings. The highest BCUT2D eigenvalue weighted by molar-refractivity contribution is 9.10. The van der Waals surface area contributed by atoms with Crippen LogP contribution in [0.1, 0.15) is 23.1 Å². The third kappa shape index (κ3) is 6.52. The summed E-state index contributed by atoms with van der Waals surface area (Å²) in [5, 5.41) is 28.0. The lowest BCUT2D eigenvalue weighted by Crippen LogP contribution is -2.35. The molecule has 4 aromatic carbocycles. The summed E-state index contributed by atoms with van der Waals surface area (Å²) in [6, 6.07) is 24.2. The van der Waals surface area contributed by atoms with E-state index in [0.29, 0.717) is 33.1 Å². The number of hydrogen-bond acceptors (Lipinski definition) is 8. The first-order valence-corrected chi connectivity index (χ1v) is 14.8. The molecular weight excluding hydrogens is 638 g/mol. The second-order valence-electron chi connectivity index (χ2n) is 10.4. The minimum Gasteiger partial charge on any atom is -0.488 e. The normalized spacial score (nSPS) is 16.9. The molecule has 1 aromatic heterocycles. The van der Waals surface area contributed by atoms with Gasteiger partial charge in [0.2, 0.25) is 0 Å². The first kappa shape index (κ1) is 29.1. The number of halogens is 2. The van der Waals surface area contributed by atoms with Gasteiger partial charge in [-0.05, 0) is 61.1 Å². The Bertz CT molecular complexity index is 1770. The number of carboxylic acids is 1. The Labute approximate surface area is 260 Å². The van der Waals surface area contributed by atoms with Crippen LogP contribution in [0.3, 0.4) is 0 Å². The van der Waals surface area contributed by atoms with Gasteiger partial charge in [0.15, 0.2) is 0 Å². The van der Waals surface area contributed by atoms with E-state index < -0.39 is 18.1 Å². The van der Waals surface area contributed by atoms with Gasteiger partial charge in [0.1, 0.15) is 41.8 Å². The first-order chi connectivity index (χ1) is 20.9. The smallest absolute Gasteiger partial charge is 0.321 e. The molecule has 1 saturated heterocycles. The van der Waals surface area contributed by atoms with Crippen molar-refractivity contribution in [1.82, 2.24) is 15.2 Å². The van der Waals surface area contributed by atoms with Crippen molar-refractivity contribution in [3.05, 3.63) is 105 Å². The molecule has 0 amide bonds. The van der Waals surface area contributed by atoms with E-state index in [1.165, 1.54) is 0 Å². The minimum absolute atomic E-state index is 0.156. The van der Waals surface area contributed by atoms with Gasteiger partial charge in [0.25, 0.3) is 0 Å². The maximum atomic E-state index is 11.9. The molecule has 1 aliphatic rings. The number of aliphatic carboxylic acids is 1. The van der Waals surface area contributed by atoms with Gasteiger partial charge >= 0.3 is 5.97 Å². The number of aliphatic hydroxyl groups is 1. The molecule has 9 nitrogen and oxygen atoms in total. The van der Waals surface area contributed by atoms with Crippen LogP contribution < -0.4 is 9.47 Å². The molecule has 2 heterocycles. The maximum Gasteiger partial charge on any atom is 0.321 e. The summed E-state index contributed by atoms with van der Waals surface area (Å²) >= 11 is 10.5. The highest BCUT2D eigenvalue weighted by Crippen LogP contribution is 2.37. The number of nitrogens with zero attached hydrogens (tertiary/aromatic N) is 3. The number of hydrogen-bond donors (Lipinski definition) is 2. The predicted octanol–water partition coefficient (Wildman–Crippen LogP) is 6.48. The number of fused-ring (bicyclic) bond motifs is 1. The summed E-state index contributed by atoms with van der Waals surface area (Å²) in [4.78, 5) is 13.6. The summed E-state index contributed by atoms with van der Waals surface area (Å²) in [6.45, 7) is 0.898. The SMILES string of the molecule is O=C(O)[C@H]1C[C@@H](O)CN1Cc1cc(Cl)c(OCc2cccc(-c3ccccc3)c2Br)cc1OCc1ccc2nonc2c1. The van der Waals surface area contributed by atoms with Gasteiger partial charge in [0.05, 0.1) is 11.1 Å². The van der Waals surface area contributed by atoms with Gasteiger partial charge in [-0.15, -0.1) is 0 Å². The van der Waals surface area contributed by atoms with Gasteiger partial charge in [-0.1, -0.05) is 66.2 Å². The van der Waals surface area contributed by atoms with Crippen LogP contribution in [0.4, 0.5) is 0 Å². The lowest BCUT2D eigenvalue weighted by atomic mass is 10.0. The van der Waals surface area contributed by atoms with Crippen LogP contribution in [0.5, 0.6) is 11.5 Å². The summed E-state index contributed by atoms with van der Waals surface area (Å²) in [7, 11) is 0. The molecule has 0 unspecified atom stereocenters. The van der Waals surface area contributed by atoms with Gasteiger partial charge in [-0.3, -0.25) is 9.69 Å².